The van der Waals surface area contributed by atoms with Gasteiger partial charge >= 0.3 is 0 Å². The Bertz CT molecular complexity index is 974. The first kappa shape index (κ1) is 15.4. The summed E-state index contributed by atoms with van der Waals surface area (Å²) >= 11 is 0. The van der Waals surface area contributed by atoms with E-state index in [1.165, 1.54) is 16.8 Å². The second-order valence-electron chi connectivity index (χ2n) is 7.12. The molecule has 0 saturated heterocycles. The molecule has 0 saturated carbocycles. The lowest BCUT2D eigenvalue weighted by Crippen LogP contribution is -2.36. The van der Waals surface area contributed by atoms with E-state index in [0.29, 0.717) is 12.2 Å². The first-order valence-corrected chi connectivity index (χ1v) is 9.33. The molecule has 2 aromatic carbocycles. The van der Waals surface area contributed by atoms with Crippen LogP contribution >= 0.6 is 0 Å². The molecule has 0 bridgehead atoms. The normalized spacial score (nSPS) is 15.6. The van der Waals surface area contributed by atoms with Crippen molar-refractivity contribution in [2.45, 2.75) is 32.2 Å². The van der Waals surface area contributed by atoms with Gasteiger partial charge in [0, 0.05) is 24.3 Å². The van der Waals surface area contributed by atoms with Crippen molar-refractivity contribution in [2.75, 3.05) is 6.54 Å². The van der Waals surface area contributed by atoms with Gasteiger partial charge in [-0.25, -0.2) is 4.68 Å². The van der Waals surface area contributed by atoms with Gasteiger partial charge in [-0.3, -0.25) is 4.79 Å². The maximum Gasteiger partial charge on any atom is 0.274 e. The van der Waals surface area contributed by atoms with Crippen molar-refractivity contribution in [2.24, 2.45) is 0 Å². The van der Waals surface area contributed by atoms with Gasteiger partial charge in [-0.1, -0.05) is 42.5 Å². The summed E-state index contributed by atoms with van der Waals surface area (Å²) in [5.74, 6) is 0.0762. The molecule has 0 unspecified atom stereocenters. The molecule has 130 valence electrons. The number of fused-ring (bicyclic) bond motifs is 2. The summed E-state index contributed by atoms with van der Waals surface area (Å²) in [5, 5.41) is 4.76. The number of para-hydroxylation sites is 1. The minimum absolute atomic E-state index is 0.0762. The van der Waals surface area contributed by atoms with E-state index < -0.39 is 0 Å². The van der Waals surface area contributed by atoms with Gasteiger partial charge in [0.25, 0.3) is 5.91 Å². The molecule has 1 aliphatic carbocycles. The van der Waals surface area contributed by atoms with Crippen molar-refractivity contribution in [3.8, 4) is 5.69 Å². The fourth-order valence-electron chi connectivity index (χ4n) is 4.21. The van der Waals surface area contributed by atoms with Gasteiger partial charge < -0.3 is 4.90 Å². The van der Waals surface area contributed by atoms with Gasteiger partial charge in [0.2, 0.25) is 0 Å². The third kappa shape index (κ3) is 2.45. The second-order valence-corrected chi connectivity index (χ2v) is 7.12. The van der Waals surface area contributed by atoms with Gasteiger partial charge in [-0.15, -0.1) is 0 Å². The molecule has 4 heteroatoms. The van der Waals surface area contributed by atoms with Crippen molar-refractivity contribution < 1.29 is 4.79 Å². The van der Waals surface area contributed by atoms with Crippen LogP contribution in [-0.2, 0) is 25.8 Å². The summed E-state index contributed by atoms with van der Waals surface area (Å²) in [6, 6.07) is 18.6. The fourth-order valence-corrected chi connectivity index (χ4v) is 4.21. The van der Waals surface area contributed by atoms with Crippen molar-refractivity contribution in [1.29, 1.82) is 0 Å². The molecule has 0 spiro atoms. The van der Waals surface area contributed by atoms with Gasteiger partial charge in [0.15, 0.2) is 5.69 Å². The molecule has 1 aromatic heterocycles. The fraction of sp³-hybridized carbons (Fsp3) is 0.273. The van der Waals surface area contributed by atoms with E-state index in [-0.39, 0.29) is 5.91 Å². The van der Waals surface area contributed by atoms with E-state index in [9.17, 15) is 4.79 Å². The zero-order valence-corrected chi connectivity index (χ0v) is 14.7. The number of carbonyl (C=O) groups excluding carboxylic acids is 1. The van der Waals surface area contributed by atoms with Gasteiger partial charge in [0.1, 0.15) is 0 Å². The number of aromatic nitrogens is 2. The summed E-state index contributed by atoms with van der Waals surface area (Å²) in [5.41, 5.74) is 6.66. The Kier molecular flexibility index (Phi) is 3.63. The highest BCUT2D eigenvalue weighted by molar-refractivity contribution is 5.94. The van der Waals surface area contributed by atoms with Crippen molar-refractivity contribution in [1.82, 2.24) is 14.7 Å². The van der Waals surface area contributed by atoms with Crippen LogP contribution in [-0.4, -0.2) is 27.1 Å². The molecule has 5 rings (SSSR count). The van der Waals surface area contributed by atoms with Gasteiger partial charge in [0.05, 0.1) is 5.69 Å². The van der Waals surface area contributed by atoms with Gasteiger partial charge in [-0.05, 0) is 48.9 Å². The number of rotatable bonds is 2. The predicted molar refractivity (Wildman–Crippen MR) is 100 cm³/mol. The Morgan fingerprint density at radius 1 is 0.885 bits per heavy atom. The molecule has 0 radical (unpaired) electrons. The maximum atomic E-state index is 13.3. The first-order valence-electron chi connectivity index (χ1n) is 9.33. The zero-order valence-electron chi connectivity index (χ0n) is 14.7. The topological polar surface area (TPSA) is 38.1 Å². The summed E-state index contributed by atoms with van der Waals surface area (Å²) in [6.07, 6.45) is 3.97. The number of amides is 1. The SMILES string of the molecule is O=C(c1nn(-c2ccccc2)c2c1CCC2)N1CCc2ccccc2C1. The molecule has 1 aliphatic heterocycles. The largest absolute Gasteiger partial charge is 0.333 e. The summed E-state index contributed by atoms with van der Waals surface area (Å²) < 4.78 is 1.98. The molecule has 26 heavy (non-hydrogen) atoms. The van der Waals surface area contributed by atoms with E-state index in [1.54, 1.807) is 0 Å². The van der Waals surface area contributed by atoms with Crippen LogP contribution in [0.15, 0.2) is 54.6 Å². The Morgan fingerprint density at radius 2 is 1.65 bits per heavy atom. The minimum Gasteiger partial charge on any atom is -0.333 e. The molecule has 0 atom stereocenters. The Morgan fingerprint density at radius 3 is 2.50 bits per heavy atom. The van der Waals surface area contributed by atoms with Crippen LogP contribution in [0, 0.1) is 0 Å². The first-order chi connectivity index (χ1) is 12.8. The quantitative estimate of drug-likeness (QED) is 0.713. The monoisotopic (exact) mass is 343 g/mol. The highest BCUT2D eigenvalue weighted by atomic mass is 16.2. The smallest absolute Gasteiger partial charge is 0.274 e. The van der Waals surface area contributed by atoms with Gasteiger partial charge in [-0.2, -0.15) is 5.10 Å². The third-order valence-corrected chi connectivity index (χ3v) is 5.55. The summed E-state index contributed by atoms with van der Waals surface area (Å²) in [4.78, 5) is 15.2. The number of benzene rings is 2. The molecule has 0 N–H and O–H groups in total. The lowest BCUT2D eigenvalue weighted by Gasteiger charge is -2.28. The highest BCUT2D eigenvalue weighted by Gasteiger charge is 2.30. The molecule has 4 nitrogen and oxygen atoms in total. The van der Waals surface area contributed by atoms with Crippen LogP contribution in [0.4, 0.5) is 0 Å². The minimum atomic E-state index is 0.0762. The average molecular weight is 343 g/mol. The molecule has 2 aliphatic rings. The average Bonchev–Trinajstić information content (AvgIpc) is 3.30. The molecule has 2 heterocycles. The van der Waals surface area contributed by atoms with Crippen LogP contribution in [0.25, 0.3) is 5.69 Å². The van der Waals surface area contributed by atoms with Crippen LogP contribution < -0.4 is 0 Å². The molecule has 3 aromatic rings. The number of carbonyl (C=O) groups is 1. The van der Waals surface area contributed by atoms with E-state index in [0.717, 1.165) is 43.5 Å². The van der Waals surface area contributed by atoms with Crippen LogP contribution in [0.2, 0.25) is 0 Å². The van der Waals surface area contributed by atoms with Crippen molar-refractivity contribution in [3.63, 3.8) is 0 Å². The Hall–Kier alpha value is -2.88. The lowest BCUT2D eigenvalue weighted by molar-refractivity contribution is 0.0727. The summed E-state index contributed by atoms with van der Waals surface area (Å²) in [6.45, 7) is 1.45. The third-order valence-electron chi connectivity index (χ3n) is 5.55. The predicted octanol–water partition coefficient (Wildman–Crippen LogP) is 3.56. The lowest BCUT2D eigenvalue weighted by atomic mass is 9.99. The van der Waals surface area contributed by atoms with Crippen molar-refractivity contribution in [3.05, 3.63) is 82.7 Å². The van der Waals surface area contributed by atoms with E-state index in [4.69, 9.17) is 5.10 Å². The van der Waals surface area contributed by atoms with Crippen LogP contribution in [0.5, 0.6) is 0 Å². The van der Waals surface area contributed by atoms with E-state index >= 15 is 0 Å². The molecule has 0 fully saturated rings. The van der Waals surface area contributed by atoms with Crippen molar-refractivity contribution >= 4 is 5.91 Å². The molecule has 1 amide bonds. The molecular formula is C22H21N3O. The number of hydrogen-bond donors (Lipinski definition) is 0. The highest BCUT2D eigenvalue weighted by Crippen LogP contribution is 2.29. The van der Waals surface area contributed by atoms with E-state index in [1.807, 2.05) is 27.8 Å². The standard InChI is InChI=1S/C22H21N3O/c26-22(24-14-13-16-7-4-5-8-17(16)15-24)21-19-11-6-12-20(19)25(23-21)18-9-2-1-3-10-18/h1-5,7-10H,6,11-15H2. The van der Waals surface area contributed by atoms with Crippen LogP contribution in [0.3, 0.4) is 0 Å². The zero-order chi connectivity index (χ0) is 17.5. The number of hydrogen-bond acceptors (Lipinski definition) is 2. The Balaban J connectivity index is 1.50. The Labute approximate surface area is 153 Å². The molecular weight excluding hydrogens is 322 g/mol. The number of nitrogens with zero attached hydrogens (tertiary/aromatic N) is 3. The maximum absolute atomic E-state index is 13.3. The van der Waals surface area contributed by atoms with Crippen LogP contribution in [0.1, 0.15) is 39.3 Å². The summed E-state index contributed by atoms with van der Waals surface area (Å²) in [7, 11) is 0. The second kappa shape index (κ2) is 6.13. The van der Waals surface area contributed by atoms with E-state index in [2.05, 4.69) is 36.4 Å².